The van der Waals surface area contributed by atoms with Crippen molar-refractivity contribution in [3.63, 3.8) is 0 Å². The van der Waals surface area contributed by atoms with Gasteiger partial charge in [-0.2, -0.15) is 0 Å². The number of ether oxygens (including phenoxy) is 1. The van der Waals surface area contributed by atoms with E-state index in [4.69, 9.17) is 4.74 Å². The van der Waals surface area contributed by atoms with Crippen LogP contribution in [0.1, 0.15) is 22.3 Å². The van der Waals surface area contributed by atoms with Crippen molar-refractivity contribution in [2.45, 2.75) is 12.8 Å². The summed E-state index contributed by atoms with van der Waals surface area (Å²) in [5.74, 6) is -0.909. The van der Waals surface area contributed by atoms with Gasteiger partial charge in [0.15, 0.2) is 0 Å². The van der Waals surface area contributed by atoms with Crippen LogP contribution in [-0.2, 0) is 16.0 Å². The Balaban J connectivity index is 1.79. The molecule has 0 saturated heterocycles. The number of aryl methyl sites for hydroxylation is 1. The highest BCUT2D eigenvalue weighted by Gasteiger charge is 2.22. The second-order valence-corrected chi connectivity index (χ2v) is 5.89. The van der Waals surface area contributed by atoms with Gasteiger partial charge in [-0.15, -0.1) is 0 Å². The largest absolute Gasteiger partial charge is 0.375 e. The molecule has 0 unspecified atom stereocenters. The molecule has 0 aromatic heterocycles. The zero-order valence-electron chi connectivity index (χ0n) is 13.9. The van der Waals surface area contributed by atoms with Crippen LogP contribution < -0.4 is 10.2 Å². The fourth-order valence-corrected chi connectivity index (χ4v) is 2.97. The zero-order valence-corrected chi connectivity index (χ0v) is 13.9. The summed E-state index contributed by atoms with van der Waals surface area (Å²) < 4.78 is 18.2. The van der Waals surface area contributed by atoms with Gasteiger partial charge >= 0.3 is 0 Å². The summed E-state index contributed by atoms with van der Waals surface area (Å²) in [6.07, 6.45) is 1.68. The first-order chi connectivity index (χ1) is 12.1. The number of amides is 2. The van der Waals surface area contributed by atoms with Crippen molar-refractivity contribution < 1.29 is 18.7 Å². The SMILES string of the molecule is COCC(=O)N1CCCc2cc(NC(=O)c3cccc(F)c3)ccc21. The molecule has 1 heterocycles. The van der Waals surface area contributed by atoms with Crippen LogP contribution >= 0.6 is 0 Å². The maximum atomic E-state index is 13.2. The predicted molar refractivity (Wildman–Crippen MR) is 93.3 cm³/mol. The number of rotatable bonds is 4. The van der Waals surface area contributed by atoms with E-state index in [-0.39, 0.29) is 24.0 Å². The second-order valence-electron chi connectivity index (χ2n) is 5.89. The lowest BCUT2D eigenvalue weighted by Gasteiger charge is -2.29. The molecule has 3 rings (SSSR count). The number of hydrogen-bond acceptors (Lipinski definition) is 3. The van der Waals surface area contributed by atoms with Gasteiger partial charge in [0.2, 0.25) is 0 Å². The molecule has 6 heteroatoms. The molecule has 25 heavy (non-hydrogen) atoms. The number of benzene rings is 2. The molecular weight excluding hydrogens is 323 g/mol. The summed E-state index contributed by atoms with van der Waals surface area (Å²) in [4.78, 5) is 26.1. The van der Waals surface area contributed by atoms with E-state index in [0.29, 0.717) is 12.2 Å². The van der Waals surface area contributed by atoms with E-state index in [1.54, 1.807) is 17.0 Å². The summed E-state index contributed by atoms with van der Waals surface area (Å²) in [7, 11) is 1.49. The third-order valence-electron chi connectivity index (χ3n) is 4.11. The highest BCUT2D eigenvalue weighted by molar-refractivity contribution is 6.04. The van der Waals surface area contributed by atoms with Gasteiger partial charge < -0.3 is 15.0 Å². The number of methoxy groups -OCH3 is 1. The molecule has 2 aromatic rings. The quantitative estimate of drug-likeness (QED) is 0.929. The Labute approximate surface area is 145 Å². The van der Waals surface area contributed by atoms with E-state index in [2.05, 4.69) is 5.32 Å². The van der Waals surface area contributed by atoms with Crippen LogP contribution in [0.15, 0.2) is 42.5 Å². The van der Waals surface area contributed by atoms with E-state index < -0.39 is 5.82 Å². The molecule has 130 valence electrons. The first kappa shape index (κ1) is 17.1. The average Bonchev–Trinajstić information content (AvgIpc) is 2.61. The van der Waals surface area contributed by atoms with Crippen molar-refractivity contribution >= 4 is 23.2 Å². The molecule has 0 atom stereocenters. The van der Waals surface area contributed by atoms with Crippen LogP contribution in [0.4, 0.5) is 15.8 Å². The number of fused-ring (bicyclic) bond motifs is 1. The average molecular weight is 342 g/mol. The summed E-state index contributed by atoms with van der Waals surface area (Å²) in [5, 5.41) is 2.77. The highest BCUT2D eigenvalue weighted by atomic mass is 19.1. The summed E-state index contributed by atoms with van der Waals surface area (Å²) in [6.45, 7) is 0.696. The lowest BCUT2D eigenvalue weighted by atomic mass is 10.0. The molecule has 0 spiro atoms. The third kappa shape index (κ3) is 3.85. The first-order valence-corrected chi connectivity index (χ1v) is 8.07. The Morgan fingerprint density at radius 1 is 1.24 bits per heavy atom. The summed E-state index contributed by atoms with van der Waals surface area (Å²) in [5.41, 5.74) is 2.72. The van der Waals surface area contributed by atoms with Gasteiger partial charge in [-0.05, 0) is 54.8 Å². The van der Waals surface area contributed by atoms with Crippen molar-refractivity contribution in [3.05, 3.63) is 59.4 Å². The minimum atomic E-state index is -0.453. The van der Waals surface area contributed by atoms with E-state index in [9.17, 15) is 14.0 Å². The fraction of sp³-hybridized carbons (Fsp3) is 0.263. The van der Waals surface area contributed by atoms with Crippen LogP contribution in [0.3, 0.4) is 0 Å². The molecule has 0 bridgehead atoms. The number of carbonyl (C=O) groups is 2. The molecule has 5 nitrogen and oxygen atoms in total. The Bertz CT molecular complexity index is 807. The molecule has 2 aromatic carbocycles. The van der Waals surface area contributed by atoms with Crippen LogP contribution in [0.5, 0.6) is 0 Å². The van der Waals surface area contributed by atoms with E-state index in [1.807, 2.05) is 12.1 Å². The minimum absolute atomic E-state index is 0.0392. The number of nitrogens with one attached hydrogen (secondary N) is 1. The molecule has 1 aliphatic heterocycles. The zero-order chi connectivity index (χ0) is 17.8. The normalized spacial score (nSPS) is 13.3. The number of anilines is 2. The molecule has 0 fully saturated rings. The van der Waals surface area contributed by atoms with Crippen LogP contribution in [0.25, 0.3) is 0 Å². The monoisotopic (exact) mass is 342 g/mol. The van der Waals surface area contributed by atoms with Crippen molar-refractivity contribution in [2.75, 3.05) is 30.5 Å². The van der Waals surface area contributed by atoms with E-state index in [0.717, 1.165) is 24.1 Å². The fourth-order valence-electron chi connectivity index (χ4n) is 2.97. The smallest absolute Gasteiger partial charge is 0.255 e. The third-order valence-corrected chi connectivity index (χ3v) is 4.11. The van der Waals surface area contributed by atoms with Gasteiger partial charge in [0.05, 0.1) is 0 Å². The van der Waals surface area contributed by atoms with Crippen LogP contribution in [-0.4, -0.2) is 32.1 Å². The van der Waals surface area contributed by atoms with Gasteiger partial charge in [0.25, 0.3) is 11.8 Å². The molecule has 0 saturated carbocycles. The minimum Gasteiger partial charge on any atom is -0.375 e. The van der Waals surface area contributed by atoms with Gasteiger partial charge in [0, 0.05) is 30.6 Å². The summed E-state index contributed by atoms with van der Waals surface area (Å²) in [6, 6.07) is 11.0. The van der Waals surface area contributed by atoms with Crippen LogP contribution in [0, 0.1) is 5.82 Å². The van der Waals surface area contributed by atoms with Crippen molar-refractivity contribution in [1.82, 2.24) is 0 Å². The van der Waals surface area contributed by atoms with Crippen molar-refractivity contribution in [2.24, 2.45) is 0 Å². The van der Waals surface area contributed by atoms with Gasteiger partial charge in [-0.1, -0.05) is 6.07 Å². The molecular formula is C19H19FN2O3. The maximum absolute atomic E-state index is 13.2. The highest BCUT2D eigenvalue weighted by Crippen LogP contribution is 2.30. The van der Waals surface area contributed by atoms with Crippen LogP contribution in [0.2, 0.25) is 0 Å². The lowest BCUT2D eigenvalue weighted by molar-refractivity contribution is -0.122. The topological polar surface area (TPSA) is 58.6 Å². The Morgan fingerprint density at radius 2 is 2.08 bits per heavy atom. The number of halogens is 1. The number of hydrogen-bond donors (Lipinski definition) is 1. The summed E-state index contributed by atoms with van der Waals surface area (Å²) >= 11 is 0. The van der Waals surface area contributed by atoms with E-state index in [1.165, 1.54) is 25.3 Å². The van der Waals surface area contributed by atoms with Crippen molar-refractivity contribution in [3.8, 4) is 0 Å². The number of carbonyl (C=O) groups excluding carboxylic acids is 2. The van der Waals surface area contributed by atoms with Gasteiger partial charge in [0.1, 0.15) is 12.4 Å². The predicted octanol–water partition coefficient (Wildman–Crippen LogP) is 3.00. The second kappa shape index (κ2) is 7.44. The Hall–Kier alpha value is -2.73. The first-order valence-electron chi connectivity index (χ1n) is 8.07. The molecule has 0 aliphatic carbocycles. The van der Waals surface area contributed by atoms with E-state index >= 15 is 0 Å². The number of nitrogens with zero attached hydrogens (tertiary/aromatic N) is 1. The molecule has 2 amide bonds. The van der Waals surface area contributed by atoms with Gasteiger partial charge in [-0.3, -0.25) is 9.59 Å². The molecule has 1 aliphatic rings. The Morgan fingerprint density at radius 3 is 2.84 bits per heavy atom. The standard InChI is InChI=1S/C19H19FN2O3/c1-25-12-18(23)22-9-3-5-13-11-16(7-8-17(13)22)21-19(24)14-4-2-6-15(20)10-14/h2,4,6-8,10-11H,3,5,9,12H2,1H3,(H,21,24). The van der Waals surface area contributed by atoms with Gasteiger partial charge in [-0.25, -0.2) is 4.39 Å². The maximum Gasteiger partial charge on any atom is 0.255 e. The molecule has 0 radical (unpaired) electrons. The Kier molecular flexibility index (Phi) is 5.09. The molecule has 1 N–H and O–H groups in total. The lowest BCUT2D eigenvalue weighted by Crippen LogP contribution is -2.37. The van der Waals surface area contributed by atoms with Crippen molar-refractivity contribution in [1.29, 1.82) is 0 Å².